The molecule has 0 bridgehead atoms. The minimum atomic E-state index is -1.52. The average Bonchev–Trinajstić information content (AvgIpc) is 2.88. The number of hydrogen-bond acceptors (Lipinski definition) is 2. The SMILES string of the molecule is Cc1cn(CC(=O)N(C)C)c2cc(-c3ccc(F)c(F)c3F)cnc12. The van der Waals surface area contributed by atoms with Crippen LogP contribution in [-0.4, -0.2) is 34.5 Å². The molecule has 130 valence electrons. The van der Waals surface area contributed by atoms with Gasteiger partial charge in [-0.25, -0.2) is 13.2 Å². The van der Waals surface area contributed by atoms with Gasteiger partial charge in [-0.05, 0) is 30.7 Å². The molecule has 2 aromatic heterocycles. The van der Waals surface area contributed by atoms with Crippen LogP contribution in [0.1, 0.15) is 5.56 Å². The van der Waals surface area contributed by atoms with Gasteiger partial charge in [0.15, 0.2) is 17.5 Å². The normalized spacial score (nSPS) is 11.1. The Hall–Kier alpha value is -2.83. The Morgan fingerprint density at radius 3 is 2.60 bits per heavy atom. The number of aryl methyl sites for hydroxylation is 1. The van der Waals surface area contributed by atoms with Gasteiger partial charge in [0.1, 0.15) is 6.54 Å². The number of nitrogens with zero attached hydrogens (tertiary/aromatic N) is 3. The highest BCUT2D eigenvalue weighted by atomic mass is 19.2. The van der Waals surface area contributed by atoms with Crippen molar-refractivity contribution in [1.82, 2.24) is 14.5 Å². The number of pyridine rings is 1. The topological polar surface area (TPSA) is 38.1 Å². The van der Waals surface area contributed by atoms with Gasteiger partial charge >= 0.3 is 0 Å². The Balaban J connectivity index is 2.14. The second-order valence-electron chi connectivity index (χ2n) is 6.04. The van der Waals surface area contributed by atoms with Gasteiger partial charge in [-0.1, -0.05) is 0 Å². The van der Waals surface area contributed by atoms with Crippen LogP contribution in [0.4, 0.5) is 13.2 Å². The molecule has 7 heteroatoms. The van der Waals surface area contributed by atoms with E-state index in [2.05, 4.69) is 4.98 Å². The third-order valence-corrected chi connectivity index (χ3v) is 4.05. The Bertz CT molecular complexity index is 979. The molecule has 0 aliphatic rings. The van der Waals surface area contributed by atoms with E-state index in [-0.39, 0.29) is 18.0 Å². The molecular weight excluding hydrogens is 331 g/mol. The Morgan fingerprint density at radius 2 is 1.92 bits per heavy atom. The van der Waals surface area contributed by atoms with Crippen LogP contribution in [0.25, 0.3) is 22.2 Å². The van der Waals surface area contributed by atoms with Crippen LogP contribution in [0.5, 0.6) is 0 Å². The summed E-state index contributed by atoms with van der Waals surface area (Å²) in [6, 6.07) is 3.66. The van der Waals surface area contributed by atoms with E-state index in [0.29, 0.717) is 16.6 Å². The summed E-state index contributed by atoms with van der Waals surface area (Å²) in [5.74, 6) is -4.14. The van der Waals surface area contributed by atoms with Crippen LogP contribution in [0, 0.1) is 24.4 Å². The highest BCUT2D eigenvalue weighted by molar-refractivity contribution is 5.86. The van der Waals surface area contributed by atoms with E-state index in [9.17, 15) is 18.0 Å². The fourth-order valence-corrected chi connectivity index (χ4v) is 2.65. The van der Waals surface area contributed by atoms with Crippen LogP contribution >= 0.6 is 0 Å². The molecule has 0 N–H and O–H groups in total. The van der Waals surface area contributed by atoms with E-state index in [1.54, 1.807) is 30.9 Å². The van der Waals surface area contributed by atoms with Gasteiger partial charge in [0, 0.05) is 37.6 Å². The van der Waals surface area contributed by atoms with Gasteiger partial charge in [-0.2, -0.15) is 0 Å². The number of benzene rings is 1. The first kappa shape index (κ1) is 17.0. The van der Waals surface area contributed by atoms with Crippen molar-refractivity contribution in [3.8, 4) is 11.1 Å². The summed E-state index contributed by atoms with van der Waals surface area (Å²) < 4.78 is 42.4. The predicted octanol–water partition coefficient (Wildman–Crippen LogP) is 3.52. The number of halogens is 3. The zero-order valence-corrected chi connectivity index (χ0v) is 14.0. The third kappa shape index (κ3) is 2.97. The summed E-state index contributed by atoms with van der Waals surface area (Å²) in [5.41, 5.74) is 2.37. The maximum Gasteiger partial charge on any atom is 0.241 e. The van der Waals surface area contributed by atoms with E-state index in [1.807, 2.05) is 6.92 Å². The summed E-state index contributed by atoms with van der Waals surface area (Å²) in [6.45, 7) is 1.95. The van der Waals surface area contributed by atoms with Crippen LogP contribution in [0.15, 0.2) is 30.6 Å². The maximum atomic E-state index is 14.1. The van der Waals surface area contributed by atoms with Crippen molar-refractivity contribution in [2.75, 3.05) is 14.1 Å². The number of fused-ring (bicyclic) bond motifs is 1. The van der Waals surface area contributed by atoms with E-state index >= 15 is 0 Å². The minimum Gasteiger partial charge on any atom is -0.347 e. The molecular formula is C18H16F3N3O. The number of aromatic nitrogens is 2. The molecule has 0 spiro atoms. The Labute approximate surface area is 142 Å². The number of carbonyl (C=O) groups excluding carboxylic acids is 1. The first-order chi connectivity index (χ1) is 11.8. The van der Waals surface area contributed by atoms with Crippen molar-refractivity contribution >= 4 is 16.9 Å². The quantitative estimate of drug-likeness (QED) is 0.680. The molecule has 1 amide bonds. The van der Waals surface area contributed by atoms with E-state index in [1.165, 1.54) is 17.2 Å². The lowest BCUT2D eigenvalue weighted by molar-refractivity contribution is -0.129. The summed E-state index contributed by atoms with van der Waals surface area (Å²) >= 11 is 0. The summed E-state index contributed by atoms with van der Waals surface area (Å²) in [7, 11) is 3.31. The van der Waals surface area contributed by atoms with Crippen molar-refractivity contribution in [1.29, 1.82) is 0 Å². The molecule has 0 atom stereocenters. The molecule has 0 saturated heterocycles. The summed E-state index contributed by atoms with van der Waals surface area (Å²) in [4.78, 5) is 17.7. The average molecular weight is 347 g/mol. The van der Waals surface area contributed by atoms with E-state index < -0.39 is 17.5 Å². The number of likely N-dealkylation sites (N-methyl/N-ethyl adjacent to an activating group) is 1. The second-order valence-corrected chi connectivity index (χ2v) is 6.04. The lowest BCUT2D eigenvalue weighted by Gasteiger charge is -2.12. The van der Waals surface area contributed by atoms with Gasteiger partial charge in [0.2, 0.25) is 5.91 Å². The number of hydrogen-bond donors (Lipinski definition) is 0. The molecule has 0 aliphatic heterocycles. The molecule has 4 nitrogen and oxygen atoms in total. The largest absolute Gasteiger partial charge is 0.347 e. The standard InChI is InChI=1S/C18H16F3N3O/c1-10-8-24(9-15(25)23(2)3)14-6-11(7-22-18(10)14)12-4-5-13(19)17(21)16(12)20/h4-8H,9H2,1-3H3. The van der Waals surface area contributed by atoms with Gasteiger partial charge in [-0.3, -0.25) is 9.78 Å². The van der Waals surface area contributed by atoms with Crippen LogP contribution < -0.4 is 0 Å². The lowest BCUT2D eigenvalue weighted by Crippen LogP contribution is -2.25. The highest BCUT2D eigenvalue weighted by Crippen LogP contribution is 2.29. The molecule has 2 heterocycles. The fraction of sp³-hybridized carbons (Fsp3) is 0.222. The van der Waals surface area contributed by atoms with Gasteiger partial charge in [0.25, 0.3) is 0 Å². The van der Waals surface area contributed by atoms with Crippen LogP contribution in [0.3, 0.4) is 0 Å². The van der Waals surface area contributed by atoms with E-state index in [4.69, 9.17) is 0 Å². The molecule has 25 heavy (non-hydrogen) atoms. The molecule has 0 unspecified atom stereocenters. The second kappa shape index (κ2) is 6.23. The third-order valence-electron chi connectivity index (χ3n) is 4.05. The van der Waals surface area contributed by atoms with Crippen LogP contribution in [0.2, 0.25) is 0 Å². The zero-order chi connectivity index (χ0) is 18.3. The molecule has 0 fully saturated rings. The summed E-state index contributed by atoms with van der Waals surface area (Å²) in [5, 5.41) is 0. The Kier molecular flexibility index (Phi) is 4.24. The number of carbonyl (C=O) groups is 1. The van der Waals surface area contributed by atoms with Crippen molar-refractivity contribution in [3.05, 3.63) is 53.6 Å². The van der Waals surface area contributed by atoms with Crippen molar-refractivity contribution in [2.24, 2.45) is 0 Å². The number of rotatable bonds is 3. The van der Waals surface area contributed by atoms with Gasteiger partial charge in [-0.15, -0.1) is 0 Å². The molecule has 0 saturated carbocycles. The van der Waals surface area contributed by atoms with Crippen molar-refractivity contribution < 1.29 is 18.0 Å². The summed E-state index contributed by atoms with van der Waals surface area (Å²) in [6.07, 6.45) is 3.19. The lowest BCUT2D eigenvalue weighted by atomic mass is 10.1. The van der Waals surface area contributed by atoms with Crippen molar-refractivity contribution in [3.63, 3.8) is 0 Å². The number of amides is 1. The molecule has 0 radical (unpaired) electrons. The smallest absolute Gasteiger partial charge is 0.241 e. The monoisotopic (exact) mass is 347 g/mol. The van der Waals surface area contributed by atoms with Crippen molar-refractivity contribution in [2.45, 2.75) is 13.5 Å². The highest BCUT2D eigenvalue weighted by Gasteiger charge is 2.17. The molecule has 1 aromatic carbocycles. The minimum absolute atomic E-state index is 0.0855. The fourth-order valence-electron chi connectivity index (χ4n) is 2.65. The van der Waals surface area contributed by atoms with E-state index in [0.717, 1.165) is 11.6 Å². The Morgan fingerprint density at radius 1 is 1.20 bits per heavy atom. The van der Waals surface area contributed by atoms with Gasteiger partial charge in [0.05, 0.1) is 11.0 Å². The predicted molar refractivity (Wildman–Crippen MR) is 88.5 cm³/mol. The van der Waals surface area contributed by atoms with Gasteiger partial charge < -0.3 is 9.47 Å². The van der Waals surface area contributed by atoms with Crippen LogP contribution in [-0.2, 0) is 11.3 Å². The zero-order valence-electron chi connectivity index (χ0n) is 14.0. The first-order valence-corrected chi connectivity index (χ1v) is 7.59. The molecule has 0 aliphatic carbocycles. The molecule has 3 aromatic rings. The molecule has 3 rings (SSSR count). The first-order valence-electron chi connectivity index (χ1n) is 7.59. The maximum absolute atomic E-state index is 14.1.